The van der Waals surface area contributed by atoms with Crippen molar-refractivity contribution in [2.24, 2.45) is 0 Å². The Kier molecular flexibility index (Phi) is 17.9. The van der Waals surface area contributed by atoms with E-state index in [9.17, 15) is 9.59 Å². The number of carbonyl (C=O) groups is 2. The summed E-state index contributed by atoms with van der Waals surface area (Å²) in [6.45, 7) is 1.37. The molecule has 0 atom stereocenters. The van der Waals surface area contributed by atoms with Gasteiger partial charge >= 0.3 is 0 Å². The van der Waals surface area contributed by atoms with Gasteiger partial charge in [0.15, 0.2) is 0 Å². The molecule has 16 heteroatoms. The summed E-state index contributed by atoms with van der Waals surface area (Å²) in [6.07, 6.45) is 7.94. The van der Waals surface area contributed by atoms with Crippen LogP contribution in [0.1, 0.15) is 62.5 Å². The van der Waals surface area contributed by atoms with E-state index in [1.165, 1.54) is 11.1 Å². The minimum Gasteiger partial charge on any atom is -0.354 e. The van der Waals surface area contributed by atoms with Crippen molar-refractivity contribution in [1.29, 1.82) is 0 Å². The normalized spacial score (nSPS) is 10.8. The van der Waals surface area contributed by atoms with Crippen LogP contribution in [0.2, 0.25) is 10.6 Å². The Morgan fingerprint density at radius 1 is 0.520 bits per heavy atom. The number of carbonyl (C=O) groups excluding carboxylic acids is 2. The average molecular weight is 758 g/mol. The van der Waals surface area contributed by atoms with E-state index < -0.39 is 0 Å². The van der Waals surface area contributed by atoms with E-state index in [0.29, 0.717) is 50.7 Å². The van der Waals surface area contributed by atoms with Crippen molar-refractivity contribution in [3.63, 3.8) is 0 Å². The molecule has 50 heavy (non-hydrogen) atoms. The van der Waals surface area contributed by atoms with E-state index >= 15 is 0 Å². The van der Waals surface area contributed by atoms with Crippen molar-refractivity contribution in [3.05, 3.63) is 82.4 Å². The third-order valence-corrected chi connectivity index (χ3v) is 10.0. The van der Waals surface area contributed by atoms with E-state index in [2.05, 4.69) is 75.4 Å². The SMILES string of the molecule is O=C(CCCSSCCCC(=O)Nc1nc(Cl)nc(NCCCCc2ccccc2)n1)Nc1nc(Cl)nc(NCCCCc2ccccc2)n1. The first kappa shape index (κ1) is 39.1. The van der Waals surface area contributed by atoms with Crippen molar-refractivity contribution in [2.75, 3.05) is 45.9 Å². The molecule has 0 unspecified atom stereocenters. The van der Waals surface area contributed by atoms with Crippen LogP contribution in [0.4, 0.5) is 23.8 Å². The first-order valence-electron chi connectivity index (χ1n) is 16.7. The maximum Gasteiger partial charge on any atom is 0.235 e. The van der Waals surface area contributed by atoms with Gasteiger partial charge in [-0.15, -0.1) is 0 Å². The molecule has 0 saturated heterocycles. The Balaban J connectivity index is 1.01. The molecule has 266 valence electrons. The first-order chi connectivity index (χ1) is 24.4. The molecular formula is C34H42Cl2N10O2S2. The summed E-state index contributed by atoms with van der Waals surface area (Å²) in [6, 6.07) is 20.7. The summed E-state index contributed by atoms with van der Waals surface area (Å²) in [7, 11) is 3.32. The number of amides is 2. The minimum absolute atomic E-state index is 0.0160. The van der Waals surface area contributed by atoms with E-state index in [-0.39, 0.29) is 34.3 Å². The van der Waals surface area contributed by atoms with Gasteiger partial charge in [-0.2, -0.15) is 29.9 Å². The van der Waals surface area contributed by atoms with Crippen LogP contribution in [-0.2, 0) is 22.4 Å². The number of hydrogen-bond donors (Lipinski definition) is 4. The zero-order chi connectivity index (χ0) is 35.2. The fraction of sp³-hybridized carbons (Fsp3) is 0.412. The first-order valence-corrected chi connectivity index (χ1v) is 19.9. The van der Waals surface area contributed by atoms with Gasteiger partial charge in [0, 0.05) is 37.4 Å². The molecule has 0 bridgehead atoms. The summed E-state index contributed by atoms with van der Waals surface area (Å²) in [5, 5.41) is 11.7. The van der Waals surface area contributed by atoms with Gasteiger partial charge in [0.2, 0.25) is 46.2 Å². The van der Waals surface area contributed by atoms with Crippen molar-refractivity contribution in [3.8, 4) is 0 Å². The maximum absolute atomic E-state index is 12.4. The van der Waals surface area contributed by atoms with Crippen LogP contribution in [0.3, 0.4) is 0 Å². The number of aromatic nitrogens is 6. The second-order valence-corrected chi connectivity index (χ2v) is 14.6. The molecule has 2 heterocycles. The van der Waals surface area contributed by atoms with E-state index in [1.807, 2.05) is 36.4 Å². The maximum atomic E-state index is 12.4. The summed E-state index contributed by atoms with van der Waals surface area (Å²) in [5.74, 6) is 2.10. The predicted octanol–water partition coefficient (Wildman–Crippen LogP) is 7.75. The molecule has 0 aliphatic heterocycles. The van der Waals surface area contributed by atoms with Crippen molar-refractivity contribution < 1.29 is 9.59 Å². The van der Waals surface area contributed by atoms with Crippen LogP contribution in [0, 0.1) is 0 Å². The third kappa shape index (κ3) is 16.3. The molecule has 0 fully saturated rings. The van der Waals surface area contributed by atoms with Gasteiger partial charge in [-0.1, -0.05) is 82.3 Å². The van der Waals surface area contributed by atoms with Gasteiger partial charge in [-0.25, -0.2) is 0 Å². The summed E-state index contributed by atoms with van der Waals surface area (Å²) in [5.41, 5.74) is 2.62. The molecule has 2 aromatic heterocycles. The van der Waals surface area contributed by atoms with Crippen LogP contribution in [0.5, 0.6) is 0 Å². The molecule has 0 spiro atoms. The standard InChI is InChI=1S/C34H42Cl2N10O2S2/c35-29-41-31(37-21-9-7-17-25-13-3-1-4-14-25)45-33(43-29)39-27(47)19-11-23-49-50-24-12-20-28(48)40-34-44-30(36)42-32(46-34)38-22-10-8-18-26-15-5-2-6-16-26/h1-6,13-16H,7-12,17-24H2,(H2,37,39,41,43,45,47)(H2,38,40,42,44,46,48). The summed E-state index contributed by atoms with van der Waals surface area (Å²) >= 11 is 12.1. The molecule has 4 rings (SSSR count). The van der Waals surface area contributed by atoms with Crippen LogP contribution in [-0.4, -0.2) is 66.3 Å². The highest BCUT2D eigenvalue weighted by Crippen LogP contribution is 2.24. The predicted molar refractivity (Wildman–Crippen MR) is 206 cm³/mol. The Morgan fingerprint density at radius 3 is 1.34 bits per heavy atom. The number of unbranched alkanes of at least 4 members (excludes halogenated alkanes) is 2. The number of rotatable bonds is 23. The molecule has 2 amide bonds. The Labute approximate surface area is 311 Å². The highest BCUT2D eigenvalue weighted by molar-refractivity contribution is 8.76. The van der Waals surface area contributed by atoms with Crippen LogP contribution in [0.15, 0.2) is 60.7 Å². The van der Waals surface area contributed by atoms with Crippen LogP contribution < -0.4 is 21.3 Å². The van der Waals surface area contributed by atoms with Crippen molar-refractivity contribution in [1.82, 2.24) is 29.9 Å². The van der Waals surface area contributed by atoms with E-state index in [0.717, 1.165) is 50.0 Å². The second kappa shape index (κ2) is 22.9. The molecule has 0 aliphatic carbocycles. The van der Waals surface area contributed by atoms with Crippen molar-refractivity contribution >= 4 is 80.4 Å². The quantitative estimate of drug-likeness (QED) is 0.0431. The zero-order valence-electron chi connectivity index (χ0n) is 27.7. The number of halogens is 2. The topological polar surface area (TPSA) is 160 Å². The van der Waals surface area contributed by atoms with Gasteiger partial charge < -0.3 is 10.6 Å². The Morgan fingerprint density at radius 2 is 0.920 bits per heavy atom. The molecule has 0 saturated carbocycles. The van der Waals surface area contributed by atoms with Crippen LogP contribution in [0.25, 0.3) is 0 Å². The fourth-order valence-corrected chi connectivity index (χ4v) is 7.14. The van der Waals surface area contributed by atoms with Gasteiger partial charge in [-0.05, 0) is 85.7 Å². The minimum atomic E-state index is -0.191. The van der Waals surface area contributed by atoms with Gasteiger partial charge in [0.25, 0.3) is 0 Å². The lowest BCUT2D eigenvalue weighted by Gasteiger charge is -2.08. The van der Waals surface area contributed by atoms with Gasteiger partial charge in [0.1, 0.15) is 0 Å². The summed E-state index contributed by atoms with van der Waals surface area (Å²) < 4.78 is 0. The molecule has 4 N–H and O–H groups in total. The smallest absolute Gasteiger partial charge is 0.235 e. The number of hydrogen-bond acceptors (Lipinski definition) is 12. The van der Waals surface area contributed by atoms with Crippen LogP contribution >= 0.6 is 44.8 Å². The summed E-state index contributed by atoms with van der Waals surface area (Å²) in [4.78, 5) is 49.7. The molecule has 0 aliphatic rings. The lowest BCUT2D eigenvalue weighted by Crippen LogP contribution is -2.16. The lowest BCUT2D eigenvalue weighted by molar-refractivity contribution is -0.117. The van der Waals surface area contributed by atoms with E-state index in [1.54, 1.807) is 21.6 Å². The van der Waals surface area contributed by atoms with Gasteiger partial charge in [-0.3, -0.25) is 20.2 Å². The molecular weight excluding hydrogens is 715 g/mol. The number of aryl methyl sites for hydroxylation is 2. The van der Waals surface area contributed by atoms with Gasteiger partial charge in [0.05, 0.1) is 0 Å². The molecule has 4 aromatic rings. The average Bonchev–Trinajstić information content (AvgIpc) is 3.09. The highest BCUT2D eigenvalue weighted by Gasteiger charge is 2.11. The Hall–Kier alpha value is -3.72. The fourth-order valence-electron chi connectivity index (χ4n) is 4.64. The number of nitrogens with zero attached hydrogens (tertiary/aromatic N) is 6. The largest absolute Gasteiger partial charge is 0.354 e. The Bertz CT molecular complexity index is 1490. The monoisotopic (exact) mass is 756 g/mol. The zero-order valence-corrected chi connectivity index (χ0v) is 30.9. The van der Waals surface area contributed by atoms with Crippen molar-refractivity contribution in [2.45, 2.75) is 64.2 Å². The molecule has 2 aromatic carbocycles. The number of anilines is 4. The number of nitrogens with one attached hydrogen (secondary N) is 4. The third-order valence-electron chi connectivity index (χ3n) is 7.10. The number of benzene rings is 2. The molecule has 12 nitrogen and oxygen atoms in total. The molecule has 0 radical (unpaired) electrons. The second-order valence-electron chi connectivity index (χ2n) is 11.2. The van der Waals surface area contributed by atoms with E-state index in [4.69, 9.17) is 23.2 Å². The highest BCUT2D eigenvalue weighted by atomic mass is 35.5. The lowest BCUT2D eigenvalue weighted by atomic mass is 10.1.